The van der Waals surface area contributed by atoms with E-state index in [1.54, 1.807) is 0 Å². The second kappa shape index (κ2) is 50.4. The molecule has 0 saturated carbocycles. The molecule has 6 nitrogen and oxygen atoms in total. The average molecular weight is 877 g/mol. The first kappa shape index (κ1) is 60.4. The van der Waals surface area contributed by atoms with Crippen molar-refractivity contribution in [1.82, 2.24) is 0 Å². The summed E-state index contributed by atoms with van der Waals surface area (Å²) in [6.07, 6.45) is 53.7. The molecular weight excluding hydrogens is 769 g/mol. The highest BCUT2D eigenvalue weighted by Gasteiger charge is 2.19. The van der Waals surface area contributed by atoms with Crippen LogP contribution < -0.4 is 0 Å². The molecule has 0 aromatic carbocycles. The first-order valence-electron chi connectivity index (χ1n) is 27.9. The first-order valence-corrected chi connectivity index (χ1v) is 27.9. The molecule has 0 aliphatic heterocycles. The third kappa shape index (κ3) is 49.4. The van der Waals surface area contributed by atoms with Crippen molar-refractivity contribution in [3.63, 3.8) is 0 Å². The summed E-state index contributed by atoms with van der Waals surface area (Å²) in [5.41, 5.74) is 0. The Labute approximate surface area is 387 Å². The van der Waals surface area contributed by atoms with Gasteiger partial charge in [-0.25, -0.2) is 0 Å². The number of carbonyl (C=O) groups is 3. The molecule has 0 bridgehead atoms. The number of ether oxygens (including phenoxy) is 3. The lowest BCUT2D eigenvalue weighted by Gasteiger charge is -2.18. The summed E-state index contributed by atoms with van der Waals surface area (Å²) >= 11 is 0. The van der Waals surface area contributed by atoms with E-state index in [0.717, 1.165) is 63.7 Å². The highest BCUT2D eigenvalue weighted by molar-refractivity contribution is 5.71. The maximum atomic E-state index is 12.8. The molecule has 1 atom stereocenters. The van der Waals surface area contributed by atoms with E-state index in [1.165, 1.54) is 212 Å². The zero-order valence-electron chi connectivity index (χ0n) is 42.3. The SMILES string of the molecule is CCCCCCCCCCCCCCCCCC(=O)OC[C@H](COC(=O)CCCCCCCCCCCCCC(C)C)OC(=O)CCCCCCCCCCCCCCCCC. The van der Waals surface area contributed by atoms with E-state index < -0.39 is 6.10 Å². The van der Waals surface area contributed by atoms with Crippen LogP contribution in [0.4, 0.5) is 0 Å². The Balaban J connectivity index is 4.31. The van der Waals surface area contributed by atoms with Crippen LogP contribution in [0.25, 0.3) is 0 Å². The van der Waals surface area contributed by atoms with Crippen LogP contribution in [0.1, 0.15) is 317 Å². The summed E-state index contributed by atoms with van der Waals surface area (Å²) in [5.74, 6) is -0.0111. The summed E-state index contributed by atoms with van der Waals surface area (Å²) in [6.45, 7) is 9.04. The molecule has 62 heavy (non-hydrogen) atoms. The minimum atomic E-state index is -0.761. The molecule has 0 rings (SSSR count). The number of esters is 3. The summed E-state index contributed by atoms with van der Waals surface area (Å²) in [6, 6.07) is 0. The molecule has 6 heteroatoms. The molecule has 0 heterocycles. The molecule has 0 unspecified atom stereocenters. The fourth-order valence-corrected chi connectivity index (χ4v) is 8.57. The highest BCUT2D eigenvalue weighted by Crippen LogP contribution is 2.18. The van der Waals surface area contributed by atoms with Crippen molar-refractivity contribution >= 4 is 17.9 Å². The molecule has 0 amide bonds. The predicted molar refractivity (Wildman–Crippen MR) is 266 cm³/mol. The Morgan fingerprint density at radius 3 is 0.790 bits per heavy atom. The lowest BCUT2D eigenvalue weighted by atomic mass is 10.0. The van der Waals surface area contributed by atoms with Gasteiger partial charge in [0.1, 0.15) is 13.2 Å². The van der Waals surface area contributed by atoms with Crippen LogP contribution in [0.15, 0.2) is 0 Å². The van der Waals surface area contributed by atoms with Gasteiger partial charge < -0.3 is 14.2 Å². The van der Waals surface area contributed by atoms with Gasteiger partial charge in [0.2, 0.25) is 0 Å². The van der Waals surface area contributed by atoms with Gasteiger partial charge >= 0.3 is 17.9 Å². The summed E-state index contributed by atoms with van der Waals surface area (Å²) in [5, 5.41) is 0. The molecule has 0 aromatic heterocycles. The van der Waals surface area contributed by atoms with Crippen LogP contribution in [-0.2, 0) is 28.6 Å². The normalized spacial score (nSPS) is 12.0. The molecule has 0 N–H and O–H groups in total. The van der Waals surface area contributed by atoms with Crippen molar-refractivity contribution in [3.8, 4) is 0 Å². The smallest absolute Gasteiger partial charge is 0.306 e. The molecule has 0 aliphatic rings. The van der Waals surface area contributed by atoms with Gasteiger partial charge in [0.05, 0.1) is 0 Å². The number of unbranched alkanes of at least 4 members (excludes halogenated alkanes) is 38. The molecule has 0 fully saturated rings. The largest absolute Gasteiger partial charge is 0.462 e. The van der Waals surface area contributed by atoms with Crippen LogP contribution in [-0.4, -0.2) is 37.2 Å². The van der Waals surface area contributed by atoms with Crippen molar-refractivity contribution in [2.45, 2.75) is 323 Å². The van der Waals surface area contributed by atoms with E-state index in [4.69, 9.17) is 14.2 Å². The molecule has 0 saturated heterocycles. The Bertz CT molecular complexity index is 933. The maximum Gasteiger partial charge on any atom is 0.306 e. The Morgan fingerprint density at radius 2 is 0.532 bits per heavy atom. The number of hydrogen-bond donors (Lipinski definition) is 0. The standard InChI is InChI=1S/C56H108O6/c1-5-7-9-11-13-15-17-19-21-23-27-31-35-39-43-47-54(57)60-50-53(51-61-55(58)48-44-40-36-32-29-25-26-30-34-38-42-46-52(3)4)62-56(59)49-45-41-37-33-28-24-22-20-18-16-14-12-10-8-6-2/h52-53H,5-51H2,1-4H3/t53-/m1/s1. The van der Waals surface area contributed by atoms with E-state index in [2.05, 4.69) is 27.7 Å². The van der Waals surface area contributed by atoms with Crippen LogP contribution in [0.3, 0.4) is 0 Å². The average Bonchev–Trinajstić information content (AvgIpc) is 3.26. The minimum Gasteiger partial charge on any atom is -0.462 e. The van der Waals surface area contributed by atoms with E-state index >= 15 is 0 Å². The maximum absolute atomic E-state index is 12.8. The van der Waals surface area contributed by atoms with Crippen molar-refractivity contribution in [2.24, 2.45) is 5.92 Å². The van der Waals surface area contributed by atoms with E-state index in [1.807, 2.05) is 0 Å². The zero-order chi connectivity index (χ0) is 45.2. The third-order valence-corrected chi connectivity index (χ3v) is 12.8. The van der Waals surface area contributed by atoms with Gasteiger partial charge in [-0.1, -0.05) is 278 Å². The minimum absolute atomic E-state index is 0.0621. The molecule has 368 valence electrons. The first-order chi connectivity index (χ1) is 30.4. The molecule has 0 spiro atoms. The zero-order valence-corrected chi connectivity index (χ0v) is 42.3. The number of hydrogen-bond acceptors (Lipinski definition) is 6. The highest BCUT2D eigenvalue weighted by atomic mass is 16.6. The van der Waals surface area contributed by atoms with Gasteiger partial charge in [0, 0.05) is 19.3 Å². The molecular formula is C56H108O6. The van der Waals surface area contributed by atoms with Crippen LogP contribution in [0.5, 0.6) is 0 Å². The van der Waals surface area contributed by atoms with Crippen LogP contribution >= 0.6 is 0 Å². The molecule has 0 radical (unpaired) electrons. The van der Waals surface area contributed by atoms with Gasteiger partial charge in [-0.05, 0) is 25.2 Å². The van der Waals surface area contributed by atoms with E-state index in [9.17, 15) is 14.4 Å². The summed E-state index contributed by atoms with van der Waals surface area (Å²) in [7, 11) is 0. The topological polar surface area (TPSA) is 78.9 Å². The second-order valence-corrected chi connectivity index (χ2v) is 19.7. The van der Waals surface area contributed by atoms with Gasteiger partial charge in [0.15, 0.2) is 6.10 Å². The van der Waals surface area contributed by atoms with Gasteiger partial charge in [-0.2, -0.15) is 0 Å². The quantitative estimate of drug-likeness (QED) is 0.0344. The Kier molecular flexibility index (Phi) is 49.1. The molecule has 0 aliphatic carbocycles. The lowest BCUT2D eigenvalue weighted by molar-refractivity contribution is -0.167. The summed E-state index contributed by atoms with van der Waals surface area (Å²) in [4.78, 5) is 38.1. The lowest BCUT2D eigenvalue weighted by Crippen LogP contribution is -2.30. The van der Waals surface area contributed by atoms with Gasteiger partial charge in [-0.3, -0.25) is 14.4 Å². The van der Waals surface area contributed by atoms with Crippen LogP contribution in [0.2, 0.25) is 0 Å². The fraction of sp³-hybridized carbons (Fsp3) is 0.946. The summed E-state index contributed by atoms with van der Waals surface area (Å²) < 4.78 is 16.9. The van der Waals surface area contributed by atoms with E-state index in [-0.39, 0.29) is 31.1 Å². The van der Waals surface area contributed by atoms with Gasteiger partial charge in [-0.15, -0.1) is 0 Å². The van der Waals surface area contributed by atoms with Crippen molar-refractivity contribution < 1.29 is 28.6 Å². The van der Waals surface area contributed by atoms with Gasteiger partial charge in [0.25, 0.3) is 0 Å². The second-order valence-electron chi connectivity index (χ2n) is 19.7. The van der Waals surface area contributed by atoms with Crippen molar-refractivity contribution in [3.05, 3.63) is 0 Å². The molecule has 0 aromatic rings. The van der Waals surface area contributed by atoms with Crippen molar-refractivity contribution in [2.75, 3.05) is 13.2 Å². The Hall–Kier alpha value is -1.59. The van der Waals surface area contributed by atoms with Crippen LogP contribution in [0, 0.1) is 5.92 Å². The monoisotopic (exact) mass is 877 g/mol. The number of rotatable bonds is 51. The van der Waals surface area contributed by atoms with Crippen molar-refractivity contribution in [1.29, 1.82) is 0 Å². The Morgan fingerprint density at radius 1 is 0.306 bits per heavy atom. The fourth-order valence-electron chi connectivity index (χ4n) is 8.57. The third-order valence-electron chi connectivity index (χ3n) is 12.8. The van der Waals surface area contributed by atoms with E-state index in [0.29, 0.717) is 19.3 Å². The number of carbonyl (C=O) groups excluding carboxylic acids is 3. The predicted octanol–water partition coefficient (Wildman–Crippen LogP) is 18.2.